The summed E-state index contributed by atoms with van der Waals surface area (Å²) in [5.74, 6) is -0.363. The summed E-state index contributed by atoms with van der Waals surface area (Å²) in [5.41, 5.74) is 0. The number of aliphatic hydroxyl groups is 1. The van der Waals surface area contributed by atoms with Crippen molar-refractivity contribution in [2.24, 2.45) is 5.92 Å². The Morgan fingerprint density at radius 3 is 2.27 bits per heavy atom. The van der Waals surface area contributed by atoms with Gasteiger partial charge in [0.15, 0.2) is 4.93 Å². The van der Waals surface area contributed by atoms with Crippen molar-refractivity contribution < 1.29 is 18.1 Å². The van der Waals surface area contributed by atoms with Gasteiger partial charge < -0.3 is 5.11 Å². The van der Waals surface area contributed by atoms with Crippen LogP contribution in [0.15, 0.2) is 0 Å². The third kappa shape index (κ3) is 1.28. The largest absolute Gasteiger partial charge is 0.372 e. The molecule has 5 heteroatoms. The van der Waals surface area contributed by atoms with E-state index in [1.807, 2.05) is 0 Å². The normalized spacial score (nSPS) is 39.4. The number of hydrogen-bond acceptors (Lipinski definition) is 3. The highest BCUT2D eigenvalue weighted by atomic mass is 32.2. The van der Waals surface area contributed by atoms with Gasteiger partial charge in [-0.2, -0.15) is 8.42 Å². The second-order valence-electron chi connectivity index (χ2n) is 3.11. The lowest BCUT2D eigenvalue weighted by atomic mass is 10.1. The Morgan fingerprint density at radius 1 is 1.55 bits per heavy atom. The molecule has 1 aliphatic carbocycles. The van der Waals surface area contributed by atoms with Gasteiger partial charge in [-0.25, -0.2) is 0 Å². The van der Waals surface area contributed by atoms with Crippen molar-refractivity contribution in [2.45, 2.75) is 31.1 Å². The molecule has 0 saturated heterocycles. The first-order valence-electron chi connectivity index (χ1n) is 3.57. The van der Waals surface area contributed by atoms with Crippen LogP contribution >= 0.6 is 0 Å². The van der Waals surface area contributed by atoms with Gasteiger partial charge in [-0.3, -0.25) is 4.55 Å². The van der Waals surface area contributed by atoms with Crippen LogP contribution in [0, 0.1) is 5.92 Å². The molecule has 0 heterocycles. The first-order valence-corrected chi connectivity index (χ1v) is 5.01. The van der Waals surface area contributed by atoms with Crippen LogP contribution in [0.3, 0.4) is 0 Å². The van der Waals surface area contributed by atoms with Gasteiger partial charge in [-0.05, 0) is 19.3 Å². The van der Waals surface area contributed by atoms with E-state index in [4.69, 9.17) is 4.55 Å². The van der Waals surface area contributed by atoms with Gasteiger partial charge in [0.2, 0.25) is 0 Å². The zero-order chi connectivity index (χ0) is 8.70. The van der Waals surface area contributed by atoms with Crippen molar-refractivity contribution in [3.63, 3.8) is 0 Å². The average Bonchev–Trinajstić information content (AvgIpc) is 2.12. The van der Waals surface area contributed by atoms with E-state index in [0.29, 0.717) is 12.8 Å². The Morgan fingerprint density at radius 2 is 2.09 bits per heavy atom. The highest BCUT2D eigenvalue weighted by Gasteiger charge is 2.48. The quantitative estimate of drug-likeness (QED) is 0.572. The maximum absolute atomic E-state index is 10.7. The average molecular weight is 180 g/mol. The highest BCUT2D eigenvalue weighted by molar-refractivity contribution is 7.87. The minimum Gasteiger partial charge on any atom is -0.372 e. The van der Waals surface area contributed by atoms with Crippen molar-refractivity contribution in [2.75, 3.05) is 0 Å². The van der Waals surface area contributed by atoms with Crippen molar-refractivity contribution in [1.29, 1.82) is 0 Å². The van der Waals surface area contributed by atoms with Gasteiger partial charge in [-0.15, -0.1) is 0 Å². The Balaban J connectivity index is 3.00. The minimum atomic E-state index is -4.30. The lowest BCUT2D eigenvalue weighted by molar-refractivity contribution is 0.0817. The van der Waals surface area contributed by atoms with E-state index in [9.17, 15) is 13.5 Å². The van der Waals surface area contributed by atoms with E-state index in [0.717, 1.165) is 0 Å². The van der Waals surface area contributed by atoms with Crippen molar-refractivity contribution >= 4 is 10.1 Å². The van der Waals surface area contributed by atoms with Crippen LogP contribution in [0.2, 0.25) is 0 Å². The molecule has 66 valence electrons. The zero-order valence-corrected chi connectivity index (χ0v) is 7.13. The molecule has 2 atom stereocenters. The predicted octanol–water partition coefficient (Wildman–Crippen LogP) is 0.383. The molecule has 2 unspecified atom stereocenters. The second-order valence-corrected chi connectivity index (χ2v) is 4.77. The molecule has 0 aromatic heterocycles. The summed E-state index contributed by atoms with van der Waals surface area (Å²) < 4.78 is 30.0. The molecule has 2 N–H and O–H groups in total. The van der Waals surface area contributed by atoms with Gasteiger partial charge in [0.05, 0.1) is 0 Å². The van der Waals surface area contributed by atoms with E-state index in [2.05, 4.69) is 0 Å². The second kappa shape index (κ2) is 2.43. The molecule has 4 nitrogen and oxygen atoms in total. The standard InChI is InChI=1S/C6H12O4S/c1-5-3-2-4-6(5,7)11(8,9)10/h5,7H,2-4H2,1H3,(H,8,9,10). The molecule has 0 aromatic carbocycles. The Kier molecular flexibility index (Phi) is 1.98. The van der Waals surface area contributed by atoms with Gasteiger partial charge in [-0.1, -0.05) is 6.92 Å². The summed E-state index contributed by atoms with van der Waals surface area (Å²) >= 11 is 0. The van der Waals surface area contributed by atoms with Crippen LogP contribution in [0.4, 0.5) is 0 Å². The smallest absolute Gasteiger partial charge is 0.295 e. The molecule has 0 radical (unpaired) electrons. The lowest BCUT2D eigenvalue weighted by Gasteiger charge is -2.23. The van der Waals surface area contributed by atoms with Crippen LogP contribution < -0.4 is 0 Å². The predicted molar refractivity (Wildman–Crippen MR) is 39.5 cm³/mol. The summed E-state index contributed by atoms with van der Waals surface area (Å²) in [6.07, 6.45) is 1.45. The molecule has 0 amide bonds. The number of rotatable bonds is 1. The summed E-state index contributed by atoms with van der Waals surface area (Å²) in [5, 5.41) is 9.46. The summed E-state index contributed by atoms with van der Waals surface area (Å²) in [6.45, 7) is 1.63. The van der Waals surface area contributed by atoms with E-state index >= 15 is 0 Å². The Bertz CT molecular complexity index is 245. The van der Waals surface area contributed by atoms with Gasteiger partial charge in [0.1, 0.15) is 0 Å². The summed E-state index contributed by atoms with van der Waals surface area (Å²) in [7, 11) is -4.30. The van der Waals surface area contributed by atoms with Crippen molar-refractivity contribution in [1.82, 2.24) is 0 Å². The molecule has 1 saturated carbocycles. The summed E-state index contributed by atoms with van der Waals surface area (Å²) in [4.78, 5) is -1.88. The van der Waals surface area contributed by atoms with E-state index in [1.54, 1.807) is 6.92 Å². The topological polar surface area (TPSA) is 74.6 Å². The lowest BCUT2D eigenvalue weighted by Crippen LogP contribution is -2.40. The molecule has 0 bridgehead atoms. The molecule has 1 fully saturated rings. The van der Waals surface area contributed by atoms with E-state index in [-0.39, 0.29) is 12.3 Å². The highest BCUT2D eigenvalue weighted by Crippen LogP contribution is 2.38. The van der Waals surface area contributed by atoms with Gasteiger partial charge >= 0.3 is 0 Å². The number of hydrogen-bond donors (Lipinski definition) is 2. The van der Waals surface area contributed by atoms with Crippen LogP contribution in [-0.4, -0.2) is 23.0 Å². The van der Waals surface area contributed by atoms with Crippen LogP contribution in [0.1, 0.15) is 26.2 Å². The Labute approximate surface area is 66.0 Å². The first-order chi connectivity index (χ1) is 4.88. The molecule has 0 aliphatic heterocycles. The molecule has 1 aliphatic rings. The first kappa shape index (κ1) is 8.96. The Hall–Kier alpha value is -0.130. The monoisotopic (exact) mass is 180 g/mol. The van der Waals surface area contributed by atoms with Gasteiger partial charge in [0.25, 0.3) is 10.1 Å². The minimum absolute atomic E-state index is 0.146. The maximum atomic E-state index is 10.7. The van der Waals surface area contributed by atoms with E-state index < -0.39 is 15.1 Å². The third-order valence-corrected chi connectivity index (χ3v) is 3.89. The van der Waals surface area contributed by atoms with Crippen LogP contribution in [-0.2, 0) is 10.1 Å². The zero-order valence-electron chi connectivity index (χ0n) is 6.32. The van der Waals surface area contributed by atoms with Crippen molar-refractivity contribution in [3.8, 4) is 0 Å². The van der Waals surface area contributed by atoms with Crippen LogP contribution in [0.25, 0.3) is 0 Å². The van der Waals surface area contributed by atoms with E-state index in [1.165, 1.54) is 0 Å². The molecule has 1 rings (SSSR count). The molecule has 11 heavy (non-hydrogen) atoms. The maximum Gasteiger partial charge on any atom is 0.295 e. The van der Waals surface area contributed by atoms with Crippen LogP contribution in [0.5, 0.6) is 0 Å². The molecule has 0 aromatic rings. The fourth-order valence-electron chi connectivity index (χ4n) is 1.52. The van der Waals surface area contributed by atoms with Crippen molar-refractivity contribution in [3.05, 3.63) is 0 Å². The third-order valence-electron chi connectivity index (χ3n) is 2.39. The fraction of sp³-hybridized carbons (Fsp3) is 1.00. The molecule has 0 spiro atoms. The molecular formula is C6H12O4S. The van der Waals surface area contributed by atoms with Gasteiger partial charge in [0, 0.05) is 5.92 Å². The molecular weight excluding hydrogens is 168 g/mol. The summed E-state index contributed by atoms with van der Waals surface area (Å²) in [6, 6.07) is 0. The fourth-order valence-corrected chi connectivity index (χ4v) is 2.55. The SMILES string of the molecule is CC1CCCC1(O)S(=O)(=O)O.